The third-order valence-electron chi connectivity index (χ3n) is 3.69. The summed E-state index contributed by atoms with van der Waals surface area (Å²) in [7, 11) is 0. The summed E-state index contributed by atoms with van der Waals surface area (Å²) in [4.78, 5) is 14.7. The molecule has 23 heavy (non-hydrogen) atoms. The highest BCUT2D eigenvalue weighted by molar-refractivity contribution is 14.1. The van der Waals surface area contributed by atoms with Crippen molar-refractivity contribution in [3.05, 3.63) is 62.2 Å². The Morgan fingerprint density at radius 1 is 1.13 bits per heavy atom. The smallest absolute Gasteiger partial charge is 0.257 e. The molecule has 0 spiro atoms. The summed E-state index contributed by atoms with van der Waals surface area (Å²) in [6, 6.07) is 13.4. The Morgan fingerprint density at radius 2 is 1.78 bits per heavy atom. The van der Waals surface area contributed by atoms with Crippen LogP contribution in [0.5, 0.6) is 0 Å². The lowest BCUT2D eigenvalue weighted by atomic mass is 10.1. The van der Waals surface area contributed by atoms with Gasteiger partial charge in [-0.25, -0.2) is 0 Å². The van der Waals surface area contributed by atoms with Crippen molar-refractivity contribution in [3.63, 3.8) is 0 Å². The third kappa shape index (κ3) is 5.19. The van der Waals surface area contributed by atoms with E-state index in [0.717, 1.165) is 28.9 Å². The number of nitrogens with one attached hydrogen (secondary N) is 1. The van der Waals surface area contributed by atoms with Crippen LogP contribution in [0.25, 0.3) is 0 Å². The molecule has 0 fully saturated rings. The van der Waals surface area contributed by atoms with Crippen LogP contribution in [-0.2, 0) is 6.54 Å². The molecule has 0 aliphatic rings. The fourth-order valence-corrected chi connectivity index (χ4v) is 2.96. The standard InChI is InChI=1S/C18H20ClIN2O/c1-3-22(4-2)12-13-5-8-15(9-6-13)21-18(23)16-11-14(20)7-10-17(16)19/h5-11H,3-4,12H2,1-2H3,(H,21,23). The fraction of sp³-hybridized carbons (Fsp3) is 0.278. The molecule has 0 aliphatic carbocycles. The van der Waals surface area contributed by atoms with Gasteiger partial charge >= 0.3 is 0 Å². The largest absolute Gasteiger partial charge is 0.322 e. The van der Waals surface area contributed by atoms with Crippen molar-refractivity contribution >= 4 is 45.8 Å². The second-order valence-corrected chi connectivity index (χ2v) is 6.89. The van der Waals surface area contributed by atoms with Crippen molar-refractivity contribution in [2.75, 3.05) is 18.4 Å². The van der Waals surface area contributed by atoms with E-state index in [4.69, 9.17) is 11.6 Å². The van der Waals surface area contributed by atoms with E-state index in [9.17, 15) is 4.79 Å². The maximum absolute atomic E-state index is 12.3. The van der Waals surface area contributed by atoms with Crippen LogP contribution >= 0.6 is 34.2 Å². The van der Waals surface area contributed by atoms with Gasteiger partial charge in [-0.3, -0.25) is 9.69 Å². The molecule has 1 amide bonds. The van der Waals surface area contributed by atoms with Crippen LogP contribution in [0.15, 0.2) is 42.5 Å². The van der Waals surface area contributed by atoms with Gasteiger partial charge in [0, 0.05) is 15.8 Å². The van der Waals surface area contributed by atoms with Gasteiger partial charge in [0.15, 0.2) is 0 Å². The van der Waals surface area contributed by atoms with Crippen molar-refractivity contribution < 1.29 is 4.79 Å². The number of hydrogen-bond acceptors (Lipinski definition) is 2. The number of carbonyl (C=O) groups is 1. The van der Waals surface area contributed by atoms with Crippen LogP contribution in [-0.4, -0.2) is 23.9 Å². The van der Waals surface area contributed by atoms with Crippen LogP contribution in [0.4, 0.5) is 5.69 Å². The number of halogens is 2. The number of rotatable bonds is 6. The summed E-state index contributed by atoms with van der Waals surface area (Å²) < 4.78 is 0.978. The van der Waals surface area contributed by atoms with E-state index < -0.39 is 0 Å². The molecule has 0 heterocycles. The summed E-state index contributed by atoms with van der Waals surface area (Å²) >= 11 is 8.27. The molecule has 3 nitrogen and oxygen atoms in total. The number of benzene rings is 2. The lowest BCUT2D eigenvalue weighted by molar-refractivity contribution is 0.102. The van der Waals surface area contributed by atoms with Gasteiger partial charge in [0.2, 0.25) is 0 Å². The average Bonchev–Trinajstić information content (AvgIpc) is 2.56. The molecular weight excluding hydrogens is 423 g/mol. The molecule has 5 heteroatoms. The van der Waals surface area contributed by atoms with Gasteiger partial charge in [-0.1, -0.05) is 37.6 Å². The predicted octanol–water partition coefficient (Wildman–Crippen LogP) is 5.04. The highest BCUT2D eigenvalue weighted by Gasteiger charge is 2.11. The minimum atomic E-state index is -0.190. The van der Waals surface area contributed by atoms with E-state index in [1.54, 1.807) is 12.1 Å². The number of nitrogens with zero attached hydrogens (tertiary/aromatic N) is 1. The van der Waals surface area contributed by atoms with Crippen LogP contribution in [0.2, 0.25) is 5.02 Å². The highest BCUT2D eigenvalue weighted by atomic mass is 127. The summed E-state index contributed by atoms with van der Waals surface area (Å²) in [5, 5.41) is 3.35. The van der Waals surface area contributed by atoms with Gasteiger partial charge in [-0.05, 0) is 71.6 Å². The minimum absolute atomic E-state index is 0.190. The van der Waals surface area contributed by atoms with Crippen molar-refractivity contribution in [1.29, 1.82) is 0 Å². The quantitative estimate of drug-likeness (QED) is 0.636. The van der Waals surface area contributed by atoms with Crippen molar-refractivity contribution in [2.45, 2.75) is 20.4 Å². The summed E-state index contributed by atoms with van der Waals surface area (Å²) in [5.74, 6) is -0.190. The Hall–Kier alpha value is -1.11. The molecule has 0 unspecified atom stereocenters. The van der Waals surface area contributed by atoms with Gasteiger partial charge in [-0.15, -0.1) is 0 Å². The van der Waals surface area contributed by atoms with Crippen LogP contribution in [0.3, 0.4) is 0 Å². The number of hydrogen-bond donors (Lipinski definition) is 1. The van der Waals surface area contributed by atoms with E-state index in [2.05, 4.69) is 46.7 Å². The van der Waals surface area contributed by atoms with Crippen LogP contribution < -0.4 is 5.32 Å². The summed E-state index contributed by atoms with van der Waals surface area (Å²) in [6.45, 7) is 7.29. The second kappa shape index (κ2) is 8.66. The topological polar surface area (TPSA) is 32.3 Å². The molecule has 2 aromatic rings. The number of anilines is 1. The van der Waals surface area contributed by atoms with Crippen molar-refractivity contribution in [3.8, 4) is 0 Å². The molecule has 0 bridgehead atoms. The Kier molecular flexibility index (Phi) is 6.87. The fourth-order valence-electron chi connectivity index (χ4n) is 2.27. The van der Waals surface area contributed by atoms with E-state index in [0.29, 0.717) is 10.6 Å². The lowest BCUT2D eigenvalue weighted by Gasteiger charge is -2.18. The Balaban J connectivity index is 2.06. The maximum atomic E-state index is 12.3. The van der Waals surface area contributed by atoms with Crippen LogP contribution in [0.1, 0.15) is 29.8 Å². The molecule has 1 N–H and O–H groups in total. The Bertz CT molecular complexity index is 669. The molecule has 2 aromatic carbocycles. The minimum Gasteiger partial charge on any atom is -0.322 e. The lowest BCUT2D eigenvalue weighted by Crippen LogP contribution is -2.22. The van der Waals surface area contributed by atoms with Crippen molar-refractivity contribution in [1.82, 2.24) is 4.90 Å². The van der Waals surface area contributed by atoms with Gasteiger partial charge in [0.1, 0.15) is 0 Å². The van der Waals surface area contributed by atoms with E-state index >= 15 is 0 Å². The first-order chi connectivity index (χ1) is 11.0. The van der Waals surface area contributed by atoms with Crippen molar-refractivity contribution in [2.24, 2.45) is 0 Å². The summed E-state index contributed by atoms with van der Waals surface area (Å²) in [5.41, 5.74) is 2.50. The highest BCUT2D eigenvalue weighted by Crippen LogP contribution is 2.20. The van der Waals surface area contributed by atoms with E-state index in [1.807, 2.05) is 30.3 Å². The van der Waals surface area contributed by atoms with Gasteiger partial charge < -0.3 is 5.32 Å². The monoisotopic (exact) mass is 442 g/mol. The molecule has 0 saturated carbocycles. The number of carbonyl (C=O) groups excluding carboxylic acids is 1. The van der Waals surface area contributed by atoms with Crippen LogP contribution in [0, 0.1) is 3.57 Å². The first-order valence-electron chi connectivity index (χ1n) is 7.61. The van der Waals surface area contributed by atoms with E-state index in [-0.39, 0.29) is 5.91 Å². The molecule has 0 atom stereocenters. The molecule has 0 radical (unpaired) electrons. The molecule has 0 saturated heterocycles. The molecular formula is C18H20ClIN2O. The van der Waals surface area contributed by atoms with Gasteiger partial charge in [0.05, 0.1) is 10.6 Å². The Morgan fingerprint density at radius 3 is 2.39 bits per heavy atom. The molecule has 0 aliphatic heterocycles. The second-order valence-electron chi connectivity index (χ2n) is 5.24. The normalized spacial score (nSPS) is 10.8. The first kappa shape index (κ1) is 18.2. The molecule has 2 rings (SSSR count). The Labute approximate surface area is 156 Å². The van der Waals surface area contributed by atoms with E-state index in [1.165, 1.54) is 5.56 Å². The molecule has 122 valence electrons. The summed E-state index contributed by atoms with van der Waals surface area (Å²) in [6.07, 6.45) is 0. The zero-order valence-electron chi connectivity index (χ0n) is 13.3. The predicted molar refractivity (Wildman–Crippen MR) is 105 cm³/mol. The zero-order valence-corrected chi connectivity index (χ0v) is 16.2. The van der Waals surface area contributed by atoms with Gasteiger partial charge in [0.25, 0.3) is 5.91 Å². The number of amides is 1. The zero-order chi connectivity index (χ0) is 16.8. The SMILES string of the molecule is CCN(CC)Cc1ccc(NC(=O)c2cc(I)ccc2Cl)cc1. The third-order valence-corrected chi connectivity index (χ3v) is 4.69. The molecule has 0 aromatic heterocycles. The van der Waals surface area contributed by atoms with Gasteiger partial charge in [-0.2, -0.15) is 0 Å². The maximum Gasteiger partial charge on any atom is 0.257 e. The average molecular weight is 443 g/mol. The first-order valence-corrected chi connectivity index (χ1v) is 9.06.